The van der Waals surface area contributed by atoms with Crippen molar-refractivity contribution in [2.24, 2.45) is 0 Å². The monoisotopic (exact) mass is 401 g/mol. The van der Waals surface area contributed by atoms with Gasteiger partial charge in [0.15, 0.2) is 0 Å². The summed E-state index contributed by atoms with van der Waals surface area (Å²) in [5.41, 5.74) is 0.801. The number of hydrogen-bond donors (Lipinski definition) is 3. The molecular formula is C23H31NO5. The number of phenols is 2. The zero-order chi connectivity index (χ0) is 21.7. The molecule has 0 aliphatic carbocycles. The van der Waals surface area contributed by atoms with Gasteiger partial charge >= 0.3 is 6.09 Å². The molecule has 0 aliphatic rings. The second-order valence-electron chi connectivity index (χ2n) is 8.48. The quantitative estimate of drug-likeness (QED) is 0.585. The minimum absolute atomic E-state index is 0.0342. The van der Waals surface area contributed by atoms with E-state index in [1.165, 1.54) is 6.07 Å². The van der Waals surface area contributed by atoms with Crippen LogP contribution in [-0.4, -0.2) is 35.1 Å². The third-order valence-electron chi connectivity index (χ3n) is 4.49. The first-order chi connectivity index (χ1) is 13.5. The topological polar surface area (TPSA) is 88.0 Å². The van der Waals surface area contributed by atoms with E-state index in [0.717, 1.165) is 16.9 Å². The Morgan fingerprint density at radius 1 is 1.00 bits per heavy atom. The number of aromatic hydroxyl groups is 2. The average Bonchev–Trinajstić information content (AvgIpc) is 2.60. The molecule has 0 fully saturated rings. The summed E-state index contributed by atoms with van der Waals surface area (Å²) in [7, 11) is 0. The van der Waals surface area contributed by atoms with E-state index >= 15 is 0 Å². The van der Waals surface area contributed by atoms with Gasteiger partial charge in [-0.2, -0.15) is 0 Å². The smallest absolute Gasteiger partial charge is 0.407 e. The molecule has 0 atom stereocenters. The van der Waals surface area contributed by atoms with Gasteiger partial charge in [-0.25, -0.2) is 4.79 Å². The second kappa shape index (κ2) is 9.07. The van der Waals surface area contributed by atoms with Gasteiger partial charge in [0, 0.05) is 23.6 Å². The minimum Gasteiger partial charge on any atom is -0.508 e. The van der Waals surface area contributed by atoms with Crippen LogP contribution in [0, 0.1) is 0 Å². The number of amides is 1. The molecule has 3 N–H and O–H groups in total. The normalized spacial score (nSPS) is 11.8. The van der Waals surface area contributed by atoms with Gasteiger partial charge in [0.25, 0.3) is 0 Å². The van der Waals surface area contributed by atoms with Crippen molar-refractivity contribution in [2.45, 2.75) is 52.1 Å². The van der Waals surface area contributed by atoms with Gasteiger partial charge in [-0.3, -0.25) is 0 Å². The van der Waals surface area contributed by atoms with Crippen LogP contribution in [0.2, 0.25) is 0 Å². The van der Waals surface area contributed by atoms with Crippen LogP contribution in [0.5, 0.6) is 17.2 Å². The predicted molar refractivity (Wildman–Crippen MR) is 113 cm³/mol. The third-order valence-corrected chi connectivity index (χ3v) is 4.49. The van der Waals surface area contributed by atoms with Crippen molar-refractivity contribution in [3.8, 4) is 17.2 Å². The Balaban J connectivity index is 1.86. The highest BCUT2D eigenvalue weighted by atomic mass is 16.6. The van der Waals surface area contributed by atoms with Gasteiger partial charge in [0.05, 0.1) is 6.61 Å². The molecule has 0 bridgehead atoms. The maximum atomic E-state index is 11.6. The summed E-state index contributed by atoms with van der Waals surface area (Å²) < 4.78 is 10.9. The number of carbonyl (C=O) groups excluding carboxylic acids is 1. The molecule has 6 nitrogen and oxygen atoms in total. The molecule has 6 heteroatoms. The first kappa shape index (κ1) is 22.4. The fourth-order valence-electron chi connectivity index (χ4n) is 2.94. The molecule has 0 aliphatic heterocycles. The Bertz CT molecular complexity index is 822. The standard InChI is InChI=1S/C23H31NO5/c1-22(2,3)29-21(27)24-13-6-14-28-18-10-7-16(8-11-18)23(4,5)19-12-9-17(25)15-20(19)26/h7-12,15,25-26H,6,13-14H2,1-5H3,(H,24,27). The van der Waals surface area contributed by atoms with Crippen LogP contribution in [0.4, 0.5) is 4.79 Å². The number of carbonyl (C=O) groups is 1. The molecule has 2 rings (SSSR count). The van der Waals surface area contributed by atoms with Gasteiger partial charge < -0.3 is 25.0 Å². The Kier molecular flexibility index (Phi) is 7.01. The molecular weight excluding hydrogens is 370 g/mol. The summed E-state index contributed by atoms with van der Waals surface area (Å²) in [4.78, 5) is 11.6. The summed E-state index contributed by atoms with van der Waals surface area (Å²) in [5.74, 6) is 0.830. The number of phenolic OH excluding ortho intramolecular Hbond substituents is 2. The summed E-state index contributed by atoms with van der Waals surface area (Å²) in [5, 5.41) is 22.4. The van der Waals surface area contributed by atoms with E-state index in [1.807, 2.05) is 58.9 Å². The van der Waals surface area contributed by atoms with Gasteiger partial charge in [0.1, 0.15) is 22.8 Å². The van der Waals surface area contributed by atoms with Crippen molar-refractivity contribution in [2.75, 3.05) is 13.2 Å². The van der Waals surface area contributed by atoms with E-state index in [2.05, 4.69) is 5.32 Å². The highest BCUT2D eigenvalue weighted by molar-refractivity contribution is 5.67. The number of ether oxygens (including phenoxy) is 2. The van der Waals surface area contributed by atoms with Gasteiger partial charge in [0.2, 0.25) is 0 Å². The zero-order valence-electron chi connectivity index (χ0n) is 17.8. The maximum absolute atomic E-state index is 11.6. The van der Waals surface area contributed by atoms with Crippen LogP contribution in [0.3, 0.4) is 0 Å². The van der Waals surface area contributed by atoms with Crippen molar-refractivity contribution >= 4 is 6.09 Å². The Morgan fingerprint density at radius 3 is 2.24 bits per heavy atom. The first-order valence-electron chi connectivity index (χ1n) is 9.72. The predicted octanol–water partition coefficient (Wildman–Crippen LogP) is 4.72. The van der Waals surface area contributed by atoms with Crippen molar-refractivity contribution in [3.05, 3.63) is 53.6 Å². The lowest BCUT2D eigenvalue weighted by molar-refractivity contribution is 0.0525. The van der Waals surface area contributed by atoms with Crippen molar-refractivity contribution in [1.82, 2.24) is 5.32 Å². The third kappa shape index (κ3) is 6.59. The number of nitrogens with one attached hydrogen (secondary N) is 1. The van der Waals surface area contributed by atoms with Gasteiger partial charge in [-0.1, -0.05) is 32.0 Å². The molecule has 29 heavy (non-hydrogen) atoms. The van der Waals surface area contributed by atoms with E-state index in [1.54, 1.807) is 12.1 Å². The number of alkyl carbamates (subject to hydrolysis) is 1. The summed E-state index contributed by atoms with van der Waals surface area (Å²) in [6.45, 7) is 10.4. The second-order valence-corrected chi connectivity index (χ2v) is 8.48. The summed E-state index contributed by atoms with van der Waals surface area (Å²) in [6, 6.07) is 12.3. The van der Waals surface area contributed by atoms with Gasteiger partial charge in [-0.15, -0.1) is 0 Å². The highest BCUT2D eigenvalue weighted by Gasteiger charge is 2.26. The molecule has 0 unspecified atom stereocenters. The fraction of sp³-hybridized carbons (Fsp3) is 0.435. The first-order valence-corrected chi connectivity index (χ1v) is 9.72. The largest absolute Gasteiger partial charge is 0.508 e. The van der Waals surface area contributed by atoms with E-state index in [9.17, 15) is 15.0 Å². The van der Waals surface area contributed by atoms with E-state index in [0.29, 0.717) is 19.6 Å². The number of hydrogen-bond acceptors (Lipinski definition) is 5. The minimum atomic E-state index is -0.507. The summed E-state index contributed by atoms with van der Waals surface area (Å²) in [6.07, 6.45) is 0.231. The van der Waals surface area contributed by atoms with Gasteiger partial charge in [-0.05, 0) is 51.0 Å². The zero-order valence-corrected chi connectivity index (χ0v) is 17.8. The van der Waals surface area contributed by atoms with Crippen LogP contribution in [0.1, 0.15) is 52.2 Å². The van der Waals surface area contributed by atoms with Crippen LogP contribution in [0.15, 0.2) is 42.5 Å². The van der Waals surface area contributed by atoms with Crippen LogP contribution in [0.25, 0.3) is 0 Å². The van der Waals surface area contributed by atoms with E-state index in [4.69, 9.17) is 9.47 Å². The molecule has 0 saturated carbocycles. The average molecular weight is 402 g/mol. The lowest BCUT2D eigenvalue weighted by Crippen LogP contribution is -2.33. The molecule has 0 aromatic heterocycles. The molecule has 2 aromatic rings. The molecule has 0 saturated heterocycles. The van der Waals surface area contributed by atoms with E-state index < -0.39 is 17.1 Å². The molecule has 0 spiro atoms. The molecule has 0 radical (unpaired) electrons. The van der Waals surface area contributed by atoms with Crippen LogP contribution < -0.4 is 10.1 Å². The van der Waals surface area contributed by atoms with Crippen molar-refractivity contribution in [3.63, 3.8) is 0 Å². The number of rotatable bonds is 7. The lowest BCUT2D eigenvalue weighted by Gasteiger charge is -2.27. The fourth-order valence-corrected chi connectivity index (χ4v) is 2.94. The molecule has 2 aromatic carbocycles. The number of benzene rings is 2. The Labute approximate surface area is 172 Å². The SMILES string of the molecule is CC(C)(C)OC(=O)NCCCOc1ccc(C(C)(C)c2ccc(O)cc2O)cc1. The van der Waals surface area contributed by atoms with Crippen LogP contribution in [-0.2, 0) is 10.2 Å². The Hall–Kier alpha value is -2.89. The molecule has 0 heterocycles. The van der Waals surface area contributed by atoms with Crippen molar-refractivity contribution < 1.29 is 24.5 Å². The maximum Gasteiger partial charge on any atom is 0.407 e. The Morgan fingerprint density at radius 2 is 1.66 bits per heavy atom. The van der Waals surface area contributed by atoms with E-state index in [-0.39, 0.29) is 11.5 Å². The van der Waals surface area contributed by atoms with Crippen molar-refractivity contribution in [1.29, 1.82) is 0 Å². The molecule has 158 valence electrons. The molecule has 1 amide bonds. The summed E-state index contributed by atoms with van der Waals surface area (Å²) >= 11 is 0. The van der Waals surface area contributed by atoms with Crippen LogP contribution >= 0.6 is 0 Å². The highest BCUT2D eigenvalue weighted by Crippen LogP contribution is 2.38. The lowest BCUT2D eigenvalue weighted by atomic mass is 9.77.